The standard InChI is InChI=1S/C20H16N2O3/c21-19(23)14-10-12-15(13-11-14)20(24)22-17-8-4-5-9-18(17)25-16-6-2-1-3-7-16/h1-13H,(H2,21,23)(H,22,24). The second kappa shape index (κ2) is 7.31. The second-order valence-corrected chi connectivity index (χ2v) is 5.31. The monoisotopic (exact) mass is 332 g/mol. The van der Waals surface area contributed by atoms with Gasteiger partial charge in [0.2, 0.25) is 5.91 Å². The van der Waals surface area contributed by atoms with Gasteiger partial charge in [0.1, 0.15) is 5.75 Å². The number of nitrogens with one attached hydrogen (secondary N) is 1. The van der Waals surface area contributed by atoms with Crippen LogP contribution in [0.25, 0.3) is 0 Å². The highest BCUT2D eigenvalue weighted by Crippen LogP contribution is 2.29. The van der Waals surface area contributed by atoms with E-state index in [1.54, 1.807) is 24.3 Å². The molecule has 0 aliphatic rings. The van der Waals surface area contributed by atoms with Gasteiger partial charge in [-0.05, 0) is 48.5 Å². The molecule has 5 heteroatoms. The maximum atomic E-state index is 12.4. The molecule has 25 heavy (non-hydrogen) atoms. The fourth-order valence-electron chi connectivity index (χ4n) is 2.25. The maximum Gasteiger partial charge on any atom is 0.255 e. The van der Waals surface area contributed by atoms with Gasteiger partial charge in [-0.2, -0.15) is 0 Å². The Morgan fingerprint density at radius 3 is 2.04 bits per heavy atom. The first-order valence-corrected chi connectivity index (χ1v) is 7.66. The largest absolute Gasteiger partial charge is 0.455 e. The van der Waals surface area contributed by atoms with Crippen LogP contribution in [0, 0.1) is 0 Å². The van der Waals surface area contributed by atoms with E-state index >= 15 is 0 Å². The molecular formula is C20H16N2O3. The molecule has 124 valence electrons. The van der Waals surface area contributed by atoms with Crippen LogP contribution in [0.3, 0.4) is 0 Å². The zero-order valence-electron chi connectivity index (χ0n) is 13.3. The quantitative estimate of drug-likeness (QED) is 0.745. The van der Waals surface area contributed by atoms with Gasteiger partial charge in [0.05, 0.1) is 5.69 Å². The molecule has 5 nitrogen and oxygen atoms in total. The fraction of sp³-hybridized carbons (Fsp3) is 0. The summed E-state index contributed by atoms with van der Waals surface area (Å²) in [4.78, 5) is 23.5. The molecule has 0 aromatic heterocycles. The SMILES string of the molecule is NC(=O)c1ccc(C(=O)Nc2ccccc2Oc2ccccc2)cc1. The van der Waals surface area contributed by atoms with Crippen molar-refractivity contribution in [3.05, 3.63) is 90.0 Å². The average Bonchev–Trinajstić information content (AvgIpc) is 2.64. The van der Waals surface area contributed by atoms with Crippen molar-refractivity contribution in [2.75, 3.05) is 5.32 Å². The van der Waals surface area contributed by atoms with Gasteiger partial charge in [0.25, 0.3) is 5.91 Å². The molecule has 0 aliphatic heterocycles. The van der Waals surface area contributed by atoms with Crippen LogP contribution < -0.4 is 15.8 Å². The highest BCUT2D eigenvalue weighted by Gasteiger charge is 2.11. The van der Waals surface area contributed by atoms with E-state index in [2.05, 4.69) is 5.32 Å². The molecule has 0 unspecified atom stereocenters. The van der Waals surface area contributed by atoms with Crippen molar-refractivity contribution in [1.82, 2.24) is 0 Å². The van der Waals surface area contributed by atoms with E-state index in [-0.39, 0.29) is 5.91 Å². The van der Waals surface area contributed by atoms with Crippen molar-refractivity contribution in [2.45, 2.75) is 0 Å². The molecular weight excluding hydrogens is 316 g/mol. The van der Waals surface area contributed by atoms with E-state index in [9.17, 15) is 9.59 Å². The summed E-state index contributed by atoms with van der Waals surface area (Å²) in [6.45, 7) is 0. The number of anilines is 1. The highest BCUT2D eigenvalue weighted by atomic mass is 16.5. The maximum absolute atomic E-state index is 12.4. The predicted octanol–water partition coefficient (Wildman–Crippen LogP) is 3.83. The summed E-state index contributed by atoms with van der Waals surface area (Å²) in [7, 11) is 0. The van der Waals surface area contributed by atoms with Crippen molar-refractivity contribution < 1.29 is 14.3 Å². The zero-order valence-corrected chi connectivity index (χ0v) is 13.3. The predicted molar refractivity (Wildman–Crippen MR) is 95.9 cm³/mol. The number of hydrogen-bond donors (Lipinski definition) is 2. The van der Waals surface area contributed by atoms with E-state index in [1.807, 2.05) is 42.5 Å². The summed E-state index contributed by atoms with van der Waals surface area (Å²) in [6, 6.07) is 22.6. The van der Waals surface area contributed by atoms with E-state index in [4.69, 9.17) is 10.5 Å². The van der Waals surface area contributed by atoms with E-state index in [1.165, 1.54) is 12.1 Å². The average molecular weight is 332 g/mol. The molecule has 0 fully saturated rings. The van der Waals surface area contributed by atoms with Gasteiger partial charge < -0.3 is 15.8 Å². The smallest absolute Gasteiger partial charge is 0.255 e. The van der Waals surface area contributed by atoms with E-state index in [0.717, 1.165) is 0 Å². The zero-order chi connectivity index (χ0) is 17.6. The Hall–Kier alpha value is -3.60. The van der Waals surface area contributed by atoms with Crippen molar-refractivity contribution in [1.29, 1.82) is 0 Å². The van der Waals surface area contributed by atoms with E-state index < -0.39 is 5.91 Å². The third kappa shape index (κ3) is 4.03. The summed E-state index contributed by atoms with van der Waals surface area (Å²) in [6.07, 6.45) is 0. The first kappa shape index (κ1) is 16.3. The van der Waals surface area contributed by atoms with Crippen LogP contribution in [-0.4, -0.2) is 11.8 Å². The number of benzene rings is 3. The number of carbonyl (C=O) groups is 2. The Morgan fingerprint density at radius 1 is 0.760 bits per heavy atom. The van der Waals surface area contributed by atoms with Crippen LogP contribution in [0.2, 0.25) is 0 Å². The summed E-state index contributed by atoms with van der Waals surface area (Å²) in [5.41, 5.74) is 6.52. The summed E-state index contributed by atoms with van der Waals surface area (Å²) in [5, 5.41) is 2.82. The van der Waals surface area contributed by atoms with Gasteiger partial charge in [0.15, 0.2) is 5.75 Å². The molecule has 0 heterocycles. The number of hydrogen-bond acceptors (Lipinski definition) is 3. The van der Waals surface area contributed by atoms with Crippen LogP contribution in [0.4, 0.5) is 5.69 Å². The van der Waals surface area contributed by atoms with Crippen molar-refractivity contribution >= 4 is 17.5 Å². The van der Waals surface area contributed by atoms with Crippen molar-refractivity contribution in [3.8, 4) is 11.5 Å². The Morgan fingerprint density at radius 2 is 1.36 bits per heavy atom. The Balaban J connectivity index is 1.78. The lowest BCUT2D eigenvalue weighted by Crippen LogP contribution is -2.14. The summed E-state index contributed by atoms with van der Waals surface area (Å²) in [5.74, 6) is 0.375. The van der Waals surface area contributed by atoms with Gasteiger partial charge in [0, 0.05) is 11.1 Å². The molecule has 0 radical (unpaired) electrons. The summed E-state index contributed by atoms with van der Waals surface area (Å²) >= 11 is 0. The molecule has 2 amide bonds. The van der Waals surface area contributed by atoms with Crippen LogP contribution >= 0.6 is 0 Å². The molecule has 0 bridgehead atoms. The molecule has 3 N–H and O–H groups in total. The topological polar surface area (TPSA) is 81.4 Å². The molecule has 3 aromatic rings. The van der Waals surface area contributed by atoms with Gasteiger partial charge in [-0.3, -0.25) is 9.59 Å². The summed E-state index contributed by atoms with van der Waals surface area (Å²) < 4.78 is 5.82. The molecule has 0 aliphatic carbocycles. The molecule has 3 rings (SSSR count). The lowest BCUT2D eigenvalue weighted by Gasteiger charge is -2.12. The number of nitrogens with two attached hydrogens (primary N) is 1. The minimum Gasteiger partial charge on any atom is -0.455 e. The number of carbonyl (C=O) groups excluding carboxylic acids is 2. The second-order valence-electron chi connectivity index (χ2n) is 5.31. The van der Waals surface area contributed by atoms with Gasteiger partial charge >= 0.3 is 0 Å². The Labute approximate surface area is 145 Å². The third-order valence-electron chi connectivity index (χ3n) is 3.54. The number of primary amides is 1. The first-order valence-electron chi connectivity index (χ1n) is 7.66. The Kier molecular flexibility index (Phi) is 4.76. The van der Waals surface area contributed by atoms with Gasteiger partial charge in [-0.15, -0.1) is 0 Å². The third-order valence-corrected chi connectivity index (χ3v) is 3.54. The molecule has 0 saturated carbocycles. The van der Waals surface area contributed by atoms with Crippen LogP contribution in [0.1, 0.15) is 20.7 Å². The van der Waals surface area contributed by atoms with Crippen LogP contribution in [-0.2, 0) is 0 Å². The molecule has 0 atom stereocenters. The molecule has 0 saturated heterocycles. The van der Waals surface area contributed by atoms with Gasteiger partial charge in [-0.25, -0.2) is 0 Å². The number of para-hydroxylation sites is 3. The number of amides is 2. The minimum absolute atomic E-state index is 0.305. The van der Waals surface area contributed by atoms with E-state index in [0.29, 0.717) is 28.3 Å². The number of rotatable bonds is 5. The van der Waals surface area contributed by atoms with Crippen molar-refractivity contribution in [2.24, 2.45) is 5.73 Å². The Bertz CT molecular complexity index is 890. The van der Waals surface area contributed by atoms with Gasteiger partial charge in [-0.1, -0.05) is 30.3 Å². The molecule has 3 aromatic carbocycles. The normalized spacial score (nSPS) is 10.1. The number of ether oxygens (including phenoxy) is 1. The lowest BCUT2D eigenvalue weighted by atomic mass is 10.1. The minimum atomic E-state index is -0.534. The fourth-order valence-corrected chi connectivity index (χ4v) is 2.25. The first-order chi connectivity index (χ1) is 12.1. The van der Waals surface area contributed by atoms with Crippen molar-refractivity contribution in [3.63, 3.8) is 0 Å². The lowest BCUT2D eigenvalue weighted by molar-refractivity contribution is 0.0995. The molecule has 0 spiro atoms. The highest BCUT2D eigenvalue weighted by molar-refractivity contribution is 6.05. The van der Waals surface area contributed by atoms with Crippen LogP contribution in [0.15, 0.2) is 78.9 Å². The van der Waals surface area contributed by atoms with Crippen LogP contribution in [0.5, 0.6) is 11.5 Å².